The molecule has 2 amide bonds. The first-order valence-electron chi connectivity index (χ1n) is 12.4. The van der Waals surface area contributed by atoms with Gasteiger partial charge in [0.2, 0.25) is 11.8 Å². The third-order valence-corrected chi connectivity index (χ3v) is 6.06. The molecule has 0 heterocycles. The molecule has 36 heavy (non-hydrogen) atoms. The lowest BCUT2D eigenvalue weighted by atomic mass is 10.0. The Bertz CT molecular complexity index is 1040. The Labute approximate surface area is 225 Å². The molecular formula is C28H38Cl2N2O4. The molecule has 8 heteroatoms. The van der Waals surface area contributed by atoms with Gasteiger partial charge < -0.3 is 19.7 Å². The third kappa shape index (κ3) is 8.90. The van der Waals surface area contributed by atoms with E-state index in [4.69, 9.17) is 32.7 Å². The predicted octanol–water partition coefficient (Wildman–Crippen LogP) is 6.45. The summed E-state index contributed by atoms with van der Waals surface area (Å²) in [5.41, 5.74) is 1.26. The van der Waals surface area contributed by atoms with Crippen molar-refractivity contribution in [1.29, 1.82) is 0 Å². The lowest BCUT2D eigenvalue weighted by molar-refractivity contribution is -0.142. The molecule has 0 aromatic heterocycles. The zero-order chi connectivity index (χ0) is 26.9. The molecule has 2 aromatic rings. The Morgan fingerprint density at radius 2 is 1.64 bits per heavy atom. The summed E-state index contributed by atoms with van der Waals surface area (Å²) in [6.45, 7) is 12.7. The number of carbonyl (C=O) groups is 2. The van der Waals surface area contributed by atoms with E-state index in [1.807, 2.05) is 59.7 Å². The van der Waals surface area contributed by atoms with E-state index in [9.17, 15) is 9.59 Å². The monoisotopic (exact) mass is 536 g/mol. The van der Waals surface area contributed by atoms with Crippen LogP contribution in [0.3, 0.4) is 0 Å². The minimum absolute atomic E-state index is 0.135. The van der Waals surface area contributed by atoms with E-state index in [1.165, 1.54) is 0 Å². The summed E-state index contributed by atoms with van der Waals surface area (Å²) in [4.78, 5) is 28.4. The first kappa shape index (κ1) is 29.8. The van der Waals surface area contributed by atoms with Gasteiger partial charge in [-0.3, -0.25) is 9.59 Å². The highest BCUT2D eigenvalue weighted by Crippen LogP contribution is 2.29. The van der Waals surface area contributed by atoms with E-state index in [-0.39, 0.29) is 24.8 Å². The minimum atomic E-state index is -0.636. The number of nitrogens with zero attached hydrogens (tertiary/aromatic N) is 1. The van der Waals surface area contributed by atoms with E-state index >= 15 is 0 Å². The molecule has 0 aliphatic carbocycles. The van der Waals surface area contributed by atoms with Crippen LogP contribution in [0.4, 0.5) is 0 Å². The van der Waals surface area contributed by atoms with Crippen molar-refractivity contribution in [2.75, 3.05) is 13.2 Å². The highest BCUT2D eigenvalue weighted by Gasteiger charge is 2.31. The Kier molecular flexibility index (Phi) is 11.4. The first-order chi connectivity index (χ1) is 17.0. The maximum absolute atomic E-state index is 13.6. The van der Waals surface area contributed by atoms with E-state index in [0.717, 1.165) is 11.1 Å². The fourth-order valence-electron chi connectivity index (χ4n) is 3.85. The van der Waals surface area contributed by atoms with E-state index in [1.54, 1.807) is 23.1 Å². The molecule has 0 spiro atoms. The van der Waals surface area contributed by atoms with Crippen LogP contribution in [0.25, 0.3) is 0 Å². The van der Waals surface area contributed by atoms with E-state index in [0.29, 0.717) is 47.6 Å². The number of aryl methyl sites for hydroxylation is 1. The minimum Gasteiger partial charge on any atom is -0.490 e. The fourth-order valence-corrected chi connectivity index (χ4v) is 4.32. The van der Waals surface area contributed by atoms with Gasteiger partial charge in [-0.05, 0) is 82.9 Å². The molecule has 6 nitrogen and oxygen atoms in total. The number of nitrogens with one attached hydrogen (secondary N) is 1. The van der Waals surface area contributed by atoms with Gasteiger partial charge in [-0.25, -0.2) is 0 Å². The smallest absolute Gasteiger partial charge is 0.243 e. The second-order valence-electron chi connectivity index (χ2n) is 9.57. The van der Waals surface area contributed by atoms with Gasteiger partial charge in [-0.15, -0.1) is 0 Å². The molecule has 1 atom stereocenters. The van der Waals surface area contributed by atoms with Crippen LogP contribution in [0.2, 0.25) is 10.0 Å². The van der Waals surface area contributed by atoms with Crippen molar-refractivity contribution in [3.63, 3.8) is 0 Å². The van der Waals surface area contributed by atoms with Crippen LogP contribution in [-0.4, -0.2) is 41.5 Å². The van der Waals surface area contributed by atoms with Gasteiger partial charge in [0.1, 0.15) is 6.04 Å². The maximum Gasteiger partial charge on any atom is 0.243 e. The summed E-state index contributed by atoms with van der Waals surface area (Å²) in [5, 5.41) is 3.98. The number of ether oxygens (including phenoxy) is 2. The molecule has 0 bridgehead atoms. The molecule has 0 saturated carbocycles. The van der Waals surface area contributed by atoms with Crippen LogP contribution in [-0.2, 0) is 22.6 Å². The second-order valence-corrected chi connectivity index (χ2v) is 10.4. The van der Waals surface area contributed by atoms with Crippen LogP contribution in [0.1, 0.15) is 65.5 Å². The van der Waals surface area contributed by atoms with Crippen LogP contribution >= 0.6 is 23.2 Å². The summed E-state index contributed by atoms with van der Waals surface area (Å²) in [6, 6.07) is 10.2. The van der Waals surface area contributed by atoms with Gasteiger partial charge in [0, 0.05) is 28.5 Å². The van der Waals surface area contributed by atoms with Crippen molar-refractivity contribution in [2.45, 2.75) is 78.9 Å². The van der Waals surface area contributed by atoms with Crippen molar-refractivity contribution < 1.29 is 19.1 Å². The van der Waals surface area contributed by atoms with Gasteiger partial charge >= 0.3 is 0 Å². The molecule has 1 N–H and O–H groups in total. The largest absolute Gasteiger partial charge is 0.490 e. The normalized spacial score (nSPS) is 12.1. The number of halogens is 2. The van der Waals surface area contributed by atoms with Crippen molar-refractivity contribution in [1.82, 2.24) is 10.2 Å². The Balaban J connectivity index is 2.29. The predicted molar refractivity (Wildman–Crippen MR) is 146 cm³/mol. The number of amides is 2. The summed E-state index contributed by atoms with van der Waals surface area (Å²) >= 11 is 12.5. The van der Waals surface area contributed by atoms with Crippen LogP contribution in [0.15, 0.2) is 36.4 Å². The van der Waals surface area contributed by atoms with Crippen LogP contribution in [0.5, 0.6) is 11.5 Å². The number of benzene rings is 2. The van der Waals surface area contributed by atoms with Gasteiger partial charge in [-0.2, -0.15) is 0 Å². The molecule has 2 rings (SSSR count). The first-order valence-corrected chi connectivity index (χ1v) is 13.2. The highest BCUT2D eigenvalue weighted by atomic mass is 35.5. The zero-order valence-electron chi connectivity index (χ0n) is 22.1. The molecule has 0 aliphatic rings. The molecule has 0 saturated heterocycles. The maximum atomic E-state index is 13.6. The Morgan fingerprint density at radius 3 is 2.22 bits per heavy atom. The van der Waals surface area contributed by atoms with E-state index < -0.39 is 11.6 Å². The molecular weight excluding hydrogens is 499 g/mol. The van der Waals surface area contributed by atoms with Crippen molar-refractivity contribution in [3.8, 4) is 11.5 Å². The van der Waals surface area contributed by atoms with Crippen LogP contribution < -0.4 is 14.8 Å². The number of rotatable bonds is 12. The second kappa shape index (κ2) is 13.8. The number of hydrogen-bond acceptors (Lipinski definition) is 4. The summed E-state index contributed by atoms with van der Waals surface area (Å²) in [5.74, 6) is 1.01. The van der Waals surface area contributed by atoms with Crippen molar-refractivity contribution in [3.05, 3.63) is 57.6 Å². The topological polar surface area (TPSA) is 67.9 Å². The third-order valence-electron chi connectivity index (χ3n) is 5.48. The zero-order valence-corrected chi connectivity index (χ0v) is 23.6. The lowest BCUT2D eigenvalue weighted by Crippen LogP contribution is -2.53. The standard InChI is InChI=1S/C28H38Cl2N2O4/c1-7-23(27(34)31-28(4,5)6)32(18-20-12-13-21(29)17-22(20)30)26(33)15-11-19-10-14-24(35-8-2)25(16-19)36-9-3/h10,12-14,16-17,23H,7-9,11,15,18H2,1-6H3,(H,31,34)/t23-/m0/s1. The van der Waals surface area contributed by atoms with Gasteiger partial charge in [0.05, 0.1) is 13.2 Å². The molecule has 0 radical (unpaired) electrons. The van der Waals surface area contributed by atoms with Crippen molar-refractivity contribution in [2.24, 2.45) is 0 Å². The lowest BCUT2D eigenvalue weighted by Gasteiger charge is -2.33. The summed E-state index contributed by atoms with van der Waals surface area (Å²) < 4.78 is 11.4. The highest BCUT2D eigenvalue weighted by molar-refractivity contribution is 6.35. The van der Waals surface area contributed by atoms with Gasteiger partial charge in [0.25, 0.3) is 0 Å². The molecule has 198 valence electrons. The quantitative estimate of drug-likeness (QED) is 0.338. The summed E-state index contributed by atoms with van der Waals surface area (Å²) in [6.07, 6.45) is 1.19. The molecule has 0 aliphatic heterocycles. The van der Waals surface area contributed by atoms with Gasteiger partial charge in [0.15, 0.2) is 11.5 Å². The fraction of sp³-hybridized carbons (Fsp3) is 0.500. The van der Waals surface area contributed by atoms with Crippen molar-refractivity contribution >= 4 is 35.0 Å². The molecule has 2 aromatic carbocycles. The average Bonchev–Trinajstić information content (AvgIpc) is 2.79. The summed E-state index contributed by atoms with van der Waals surface area (Å²) in [7, 11) is 0. The van der Waals surface area contributed by atoms with E-state index in [2.05, 4.69) is 5.32 Å². The number of carbonyl (C=O) groups excluding carboxylic acids is 2. The van der Waals surface area contributed by atoms with Gasteiger partial charge in [-0.1, -0.05) is 42.3 Å². The van der Waals surface area contributed by atoms with Crippen LogP contribution in [0, 0.1) is 0 Å². The molecule has 0 fully saturated rings. The Hall–Kier alpha value is -2.44. The molecule has 0 unspecified atom stereocenters. The number of hydrogen-bond donors (Lipinski definition) is 1. The SMILES string of the molecule is CCOc1ccc(CCC(=O)N(Cc2ccc(Cl)cc2Cl)[C@@H](CC)C(=O)NC(C)(C)C)cc1OCC. The Morgan fingerprint density at radius 1 is 0.972 bits per heavy atom. The average molecular weight is 538 g/mol.